The van der Waals surface area contributed by atoms with Gasteiger partial charge in [-0.1, -0.05) is 0 Å². The largest absolute Gasteiger partial charge is 0.299 e. The molecule has 0 unspecified atom stereocenters. The Bertz CT molecular complexity index is 82.4. The van der Waals surface area contributed by atoms with Crippen molar-refractivity contribution in [3.63, 3.8) is 0 Å². The molecule has 0 aliphatic carbocycles. The maximum atomic E-state index is 10.5. The molecule has 0 bridgehead atoms. The summed E-state index contributed by atoms with van der Waals surface area (Å²) in [5.41, 5.74) is 5.73. The molecule has 0 spiro atoms. The summed E-state index contributed by atoms with van der Waals surface area (Å²) in [6, 6.07) is 0. The summed E-state index contributed by atoms with van der Waals surface area (Å²) in [5, 5.41) is 0. The minimum atomic E-state index is 0.225. The first-order valence-corrected chi connectivity index (χ1v) is 2.71. The molecule has 0 aromatic rings. The summed E-state index contributed by atoms with van der Waals surface area (Å²) in [6.07, 6.45) is 2.27. The van der Waals surface area contributed by atoms with Crippen molar-refractivity contribution in [1.82, 2.24) is 10.9 Å². The van der Waals surface area contributed by atoms with Gasteiger partial charge in [0, 0.05) is 25.9 Å². The van der Waals surface area contributed by atoms with Crippen LogP contribution in [0.15, 0.2) is 0 Å². The fraction of sp³-hybridized carbons (Fsp3) is 0.600. The summed E-state index contributed by atoms with van der Waals surface area (Å²) < 4.78 is 0. The van der Waals surface area contributed by atoms with Crippen molar-refractivity contribution in [2.24, 2.45) is 0 Å². The highest BCUT2D eigenvalue weighted by Crippen LogP contribution is 1.87. The van der Waals surface area contributed by atoms with Gasteiger partial charge in [0.05, 0.1) is 0 Å². The van der Waals surface area contributed by atoms with Crippen molar-refractivity contribution in [2.75, 3.05) is 13.1 Å². The number of hydrogen-bond donors (Lipinski definition) is 2. The molecule has 8 heavy (non-hydrogen) atoms. The fourth-order valence-electron chi connectivity index (χ4n) is 0.613. The van der Waals surface area contributed by atoms with Crippen LogP contribution in [-0.2, 0) is 4.79 Å². The average Bonchev–Trinajstić information content (AvgIpc) is 1.94. The van der Waals surface area contributed by atoms with Gasteiger partial charge in [-0.25, -0.2) is 0 Å². The van der Waals surface area contributed by atoms with E-state index in [4.69, 9.17) is 0 Å². The van der Waals surface area contributed by atoms with E-state index < -0.39 is 0 Å². The monoisotopic (exact) mass is 113 g/mol. The summed E-state index contributed by atoms with van der Waals surface area (Å²) in [7, 11) is 0. The van der Waals surface area contributed by atoms with E-state index in [2.05, 4.69) is 10.9 Å². The molecule has 0 saturated carbocycles. The van der Waals surface area contributed by atoms with Gasteiger partial charge in [-0.3, -0.25) is 15.6 Å². The third-order valence-electron chi connectivity index (χ3n) is 1.05. The van der Waals surface area contributed by atoms with Crippen LogP contribution in [0.1, 0.15) is 6.42 Å². The molecular formula is C5H9N2O. The number of nitrogens with one attached hydrogen (secondary N) is 2. The van der Waals surface area contributed by atoms with Gasteiger partial charge in [-0.2, -0.15) is 0 Å². The molecule has 0 aromatic carbocycles. The lowest BCUT2D eigenvalue weighted by atomic mass is 10.2. The lowest BCUT2D eigenvalue weighted by Crippen LogP contribution is -2.30. The van der Waals surface area contributed by atoms with Crippen LogP contribution in [0.3, 0.4) is 0 Å². The second-order valence-electron chi connectivity index (χ2n) is 1.73. The Morgan fingerprint density at radius 3 is 3.25 bits per heavy atom. The number of hydrazine groups is 1. The van der Waals surface area contributed by atoms with Crippen LogP contribution >= 0.6 is 0 Å². The zero-order valence-electron chi connectivity index (χ0n) is 4.61. The lowest BCUT2D eigenvalue weighted by Gasteiger charge is -1.94. The molecule has 45 valence electrons. The van der Waals surface area contributed by atoms with Gasteiger partial charge < -0.3 is 0 Å². The summed E-state index contributed by atoms with van der Waals surface area (Å²) >= 11 is 0. The van der Waals surface area contributed by atoms with E-state index in [1.165, 1.54) is 0 Å². The van der Waals surface area contributed by atoms with Crippen molar-refractivity contribution >= 4 is 5.78 Å². The zero-order valence-corrected chi connectivity index (χ0v) is 4.61. The Kier molecular flexibility index (Phi) is 2.00. The van der Waals surface area contributed by atoms with E-state index in [1.54, 1.807) is 6.42 Å². The molecule has 1 aliphatic heterocycles. The van der Waals surface area contributed by atoms with E-state index >= 15 is 0 Å². The number of hydrogen-bond acceptors (Lipinski definition) is 3. The highest BCUT2D eigenvalue weighted by molar-refractivity contribution is 5.87. The zero-order chi connectivity index (χ0) is 5.82. The van der Waals surface area contributed by atoms with Gasteiger partial charge in [0.2, 0.25) is 0 Å². The first-order chi connectivity index (χ1) is 3.89. The Morgan fingerprint density at radius 2 is 2.38 bits per heavy atom. The Balaban J connectivity index is 2.27. The third kappa shape index (κ3) is 1.60. The quantitative estimate of drug-likeness (QED) is 0.434. The summed E-state index contributed by atoms with van der Waals surface area (Å²) in [4.78, 5) is 10.5. The molecule has 1 heterocycles. The second-order valence-corrected chi connectivity index (χ2v) is 1.73. The normalized spacial score (nSPS) is 22.8. The molecule has 3 heteroatoms. The molecule has 0 amide bonds. The number of rotatable bonds is 0. The first-order valence-electron chi connectivity index (χ1n) is 2.71. The second kappa shape index (κ2) is 2.79. The standard InChI is InChI=1S/C5H9N2O/c8-5-1-3-6-7-4-2-5/h1,6-7H,2-4H2. The van der Waals surface area contributed by atoms with Crippen LogP contribution in [0.25, 0.3) is 0 Å². The molecule has 1 radical (unpaired) electrons. The maximum absolute atomic E-state index is 10.5. The van der Waals surface area contributed by atoms with Gasteiger partial charge in [0.15, 0.2) is 0 Å². The Labute approximate surface area is 48.4 Å². The number of ketones is 1. The van der Waals surface area contributed by atoms with Crippen LogP contribution in [0.4, 0.5) is 0 Å². The summed E-state index contributed by atoms with van der Waals surface area (Å²) in [5.74, 6) is 0.225. The topological polar surface area (TPSA) is 41.1 Å². The fourth-order valence-corrected chi connectivity index (χ4v) is 0.613. The van der Waals surface area contributed by atoms with E-state index in [0.717, 1.165) is 6.54 Å². The first kappa shape index (κ1) is 5.72. The molecule has 0 aromatic heterocycles. The smallest absolute Gasteiger partial charge is 0.139 e. The molecule has 1 fully saturated rings. The van der Waals surface area contributed by atoms with Crippen LogP contribution < -0.4 is 10.9 Å². The third-order valence-corrected chi connectivity index (χ3v) is 1.05. The van der Waals surface area contributed by atoms with Crippen LogP contribution in [-0.4, -0.2) is 18.9 Å². The number of Topliss-reactive ketones (excluding diaryl/α,β-unsaturated/α-hetero) is 1. The molecule has 0 atom stereocenters. The average molecular weight is 113 g/mol. The van der Waals surface area contributed by atoms with Crippen molar-refractivity contribution in [3.8, 4) is 0 Å². The molecule has 1 saturated heterocycles. The van der Waals surface area contributed by atoms with Crippen LogP contribution in [0.2, 0.25) is 0 Å². The molecule has 3 nitrogen and oxygen atoms in total. The maximum Gasteiger partial charge on any atom is 0.139 e. The van der Waals surface area contributed by atoms with Gasteiger partial charge in [0.1, 0.15) is 5.78 Å². The highest BCUT2D eigenvalue weighted by atomic mass is 16.1. The minimum Gasteiger partial charge on any atom is -0.299 e. The molecule has 2 N–H and O–H groups in total. The Morgan fingerprint density at radius 1 is 1.50 bits per heavy atom. The predicted octanol–water partition coefficient (Wildman–Crippen LogP) is -0.742. The van der Waals surface area contributed by atoms with Gasteiger partial charge in [0.25, 0.3) is 0 Å². The van der Waals surface area contributed by atoms with E-state index in [0.29, 0.717) is 13.0 Å². The molecule has 1 aliphatic rings. The number of carbonyl (C=O) groups excluding carboxylic acids is 1. The molecule has 1 rings (SSSR count). The van der Waals surface area contributed by atoms with Gasteiger partial charge in [-0.05, 0) is 0 Å². The van der Waals surface area contributed by atoms with Crippen molar-refractivity contribution in [3.05, 3.63) is 6.42 Å². The highest BCUT2D eigenvalue weighted by Gasteiger charge is 2.04. The minimum absolute atomic E-state index is 0.225. The van der Waals surface area contributed by atoms with E-state index in [1.807, 2.05) is 0 Å². The van der Waals surface area contributed by atoms with E-state index in [9.17, 15) is 4.79 Å². The van der Waals surface area contributed by atoms with Crippen LogP contribution in [0, 0.1) is 6.42 Å². The van der Waals surface area contributed by atoms with E-state index in [-0.39, 0.29) is 5.78 Å². The van der Waals surface area contributed by atoms with Gasteiger partial charge in [-0.15, -0.1) is 0 Å². The molecular weight excluding hydrogens is 104 g/mol. The summed E-state index contributed by atoms with van der Waals surface area (Å²) in [6.45, 7) is 1.40. The predicted molar refractivity (Wildman–Crippen MR) is 29.9 cm³/mol. The van der Waals surface area contributed by atoms with Crippen molar-refractivity contribution < 1.29 is 4.79 Å². The van der Waals surface area contributed by atoms with Crippen molar-refractivity contribution in [2.45, 2.75) is 6.42 Å². The van der Waals surface area contributed by atoms with Gasteiger partial charge >= 0.3 is 0 Å². The van der Waals surface area contributed by atoms with Crippen molar-refractivity contribution in [1.29, 1.82) is 0 Å². The number of carbonyl (C=O) groups is 1. The van der Waals surface area contributed by atoms with Crippen LogP contribution in [0.5, 0.6) is 0 Å². The lowest BCUT2D eigenvalue weighted by molar-refractivity contribution is -0.115. The SMILES string of the molecule is O=C1[CH]CNNCC1. The Hall–Kier alpha value is -0.410.